The van der Waals surface area contributed by atoms with Crippen molar-refractivity contribution in [2.24, 2.45) is 0 Å². The van der Waals surface area contributed by atoms with Gasteiger partial charge in [0, 0.05) is 12.2 Å². The molecule has 2 rings (SSSR count). The molecule has 0 spiro atoms. The lowest BCUT2D eigenvalue weighted by molar-refractivity contribution is 0.299. The Morgan fingerprint density at radius 2 is 1.79 bits per heavy atom. The largest absolute Gasteiger partial charge is 0.497 e. The summed E-state index contributed by atoms with van der Waals surface area (Å²) in [6, 6.07) is 16.5. The highest BCUT2D eigenvalue weighted by Gasteiger charge is 2.14. The summed E-state index contributed by atoms with van der Waals surface area (Å²) in [4.78, 5) is 2.17. The van der Waals surface area contributed by atoms with Crippen molar-refractivity contribution in [3.05, 3.63) is 59.7 Å². The molecule has 2 aromatic carbocycles. The fourth-order valence-corrected chi connectivity index (χ4v) is 2.69. The van der Waals surface area contributed by atoms with E-state index < -0.39 is 0 Å². The third-order valence-electron chi connectivity index (χ3n) is 3.97. The summed E-state index contributed by atoms with van der Waals surface area (Å²) in [5.41, 5.74) is 3.41. The topological polar surface area (TPSA) is 36.5 Å². The number of aryl methyl sites for hydroxylation is 1. The van der Waals surface area contributed by atoms with E-state index in [0.29, 0.717) is 5.11 Å². The number of methoxy groups -OCH3 is 1. The van der Waals surface area contributed by atoms with Crippen molar-refractivity contribution in [2.45, 2.75) is 13.0 Å². The maximum atomic E-state index is 5.43. The summed E-state index contributed by atoms with van der Waals surface area (Å²) in [5.74, 6) is 0.862. The minimum absolute atomic E-state index is 0.215. The van der Waals surface area contributed by atoms with Crippen LogP contribution < -0.4 is 15.4 Å². The summed E-state index contributed by atoms with van der Waals surface area (Å²) >= 11 is 5.43. The number of nitrogens with one attached hydrogen (secondary N) is 2. The van der Waals surface area contributed by atoms with E-state index in [9.17, 15) is 0 Å². The van der Waals surface area contributed by atoms with E-state index in [2.05, 4.69) is 54.8 Å². The number of hydrogen-bond donors (Lipinski definition) is 2. The molecule has 0 aliphatic heterocycles. The second-order valence-corrected chi connectivity index (χ2v) is 6.31. The molecule has 0 bridgehead atoms. The van der Waals surface area contributed by atoms with Gasteiger partial charge in [-0.1, -0.05) is 30.3 Å². The predicted molar refractivity (Wildman–Crippen MR) is 105 cm³/mol. The lowest BCUT2D eigenvalue weighted by Gasteiger charge is -2.26. The Kier molecular flexibility index (Phi) is 6.58. The SMILES string of the molecule is COc1ccc([C@H](CNC(=S)Nc2ccccc2C)N(C)C)cc1. The van der Waals surface area contributed by atoms with Gasteiger partial charge in [-0.25, -0.2) is 0 Å². The van der Waals surface area contributed by atoms with Crippen molar-refractivity contribution >= 4 is 23.0 Å². The van der Waals surface area contributed by atoms with Crippen LogP contribution in [0, 0.1) is 6.92 Å². The van der Waals surface area contributed by atoms with E-state index in [0.717, 1.165) is 18.0 Å². The minimum Gasteiger partial charge on any atom is -0.497 e. The monoisotopic (exact) mass is 343 g/mol. The third-order valence-corrected chi connectivity index (χ3v) is 4.22. The number of para-hydroxylation sites is 1. The molecular weight excluding hydrogens is 318 g/mol. The zero-order chi connectivity index (χ0) is 17.5. The summed E-state index contributed by atoms with van der Waals surface area (Å²) in [6.45, 7) is 2.78. The molecule has 128 valence electrons. The normalized spacial score (nSPS) is 11.9. The second-order valence-electron chi connectivity index (χ2n) is 5.90. The van der Waals surface area contributed by atoms with Gasteiger partial charge in [-0.05, 0) is 62.6 Å². The summed E-state index contributed by atoms with van der Waals surface area (Å²) < 4.78 is 5.23. The molecule has 0 radical (unpaired) electrons. The highest BCUT2D eigenvalue weighted by Crippen LogP contribution is 2.21. The third kappa shape index (κ3) is 4.94. The molecule has 0 heterocycles. The zero-order valence-electron chi connectivity index (χ0n) is 14.7. The van der Waals surface area contributed by atoms with Gasteiger partial charge >= 0.3 is 0 Å². The molecule has 0 saturated carbocycles. The number of benzene rings is 2. The van der Waals surface area contributed by atoms with Crippen molar-refractivity contribution in [2.75, 3.05) is 33.1 Å². The first kappa shape index (κ1) is 18.2. The van der Waals surface area contributed by atoms with E-state index in [4.69, 9.17) is 17.0 Å². The van der Waals surface area contributed by atoms with Gasteiger partial charge < -0.3 is 20.3 Å². The molecule has 0 fully saturated rings. The second kappa shape index (κ2) is 8.66. The number of nitrogens with zero attached hydrogens (tertiary/aromatic N) is 1. The number of hydrogen-bond acceptors (Lipinski definition) is 3. The average Bonchev–Trinajstić information content (AvgIpc) is 2.57. The zero-order valence-corrected chi connectivity index (χ0v) is 15.5. The Balaban J connectivity index is 1.98. The van der Waals surface area contributed by atoms with Crippen LogP contribution in [0.4, 0.5) is 5.69 Å². The van der Waals surface area contributed by atoms with Crippen LogP contribution in [0.3, 0.4) is 0 Å². The van der Waals surface area contributed by atoms with E-state index in [1.165, 1.54) is 11.1 Å². The van der Waals surface area contributed by atoms with E-state index in [1.54, 1.807) is 7.11 Å². The molecular formula is C19H25N3OS. The van der Waals surface area contributed by atoms with Crippen molar-refractivity contribution < 1.29 is 4.74 Å². The van der Waals surface area contributed by atoms with Gasteiger partial charge in [0.1, 0.15) is 5.75 Å². The Morgan fingerprint density at radius 1 is 1.12 bits per heavy atom. The summed E-state index contributed by atoms with van der Waals surface area (Å²) in [5, 5.41) is 7.20. The number of anilines is 1. The first-order valence-corrected chi connectivity index (χ1v) is 8.33. The first-order valence-electron chi connectivity index (χ1n) is 7.92. The van der Waals surface area contributed by atoms with Crippen LogP contribution in [0.1, 0.15) is 17.2 Å². The molecule has 1 atom stereocenters. The summed E-state index contributed by atoms with van der Waals surface area (Å²) in [6.07, 6.45) is 0. The molecule has 2 aromatic rings. The van der Waals surface area contributed by atoms with Crippen molar-refractivity contribution in [3.8, 4) is 5.75 Å². The Morgan fingerprint density at radius 3 is 2.38 bits per heavy atom. The molecule has 0 amide bonds. The van der Waals surface area contributed by atoms with Gasteiger partial charge in [0.25, 0.3) is 0 Å². The van der Waals surface area contributed by atoms with Crippen molar-refractivity contribution in [3.63, 3.8) is 0 Å². The van der Waals surface area contributed by atoms with Crippen molar-refractivity contribution in [1.29, 1.82) is 0 Å². The highest BCUT2D eigenvalue weighted by molar-refractivity contribution is 7.80. The van der Waals surface area contributed by atoms with Crippen LogP contribution >= 0.6 is 12.2 Å². The van der Waals surface area contributed by atoms with Gasteiger partial charge in [-0.15, -0.1) is 0 Å². The first-order chi connectivity index (χ1) is 11.5. The average molecular weight is 343 g/mol. The maximum Gasteiger partial charge on any atom is 0.170 e. The molecule has 0 saturated heterocycles. The van der Waals surface area contributed by atoms with Crippen LogP contribution in [0.2, 0.25) is 0 Å². The Hall–Kier alpha value is -2.11. The number of rotatable bonds is 6. The molecule has 2 N–H and O–H groups in total. The minimum atomic E-state index is 0.215. The number of thiocarbonyl (C=S) groups is 1. The molecule has 0 aliphatic carbocycles. The van der Waals surface area contributed by atoms with Gasteiger partial charge in [0.2, 0.25) is 0 Å². The lowest BCUT2D eigenvalue weighted by atomic mass is 10.1. The maximum absolute atomic E-state index is 5.43. The van der Waals surface area contributed by atoms with E-state index >= 15 is 0 Å². The Bertz CT molecular complexity index is 671. The highest BCUT2D eigenvalue weighted by atomic mass is 32.1. The van der Waals surface area contributed by atoms with E-state index in [1.807, 2.05) is 30.3 Å². The molecule has 4 nitrogen and oxygen atoms in total. The quantitative estimate of drug-likeness (QED) is 0.784. The fourth-order valence-electron chi connectivity index (χ4n) is 2.49. The van der Waals surface area contributed by atoms with Crippen LogP contribution in [-0.4, -0.2) is 37.8 Å². The smallest absolute Gasteiger partial charge is 0.170 e. The van der Waals surface area contributed by atoms with Gasteiger partial charge in [-0.3, -0.25) is 0 Å². The molecule has 0 aromatic heterocycles. The lowest BCUT2D eigenvalue weighted by Crippen LogP contribution is -2.36. The van der Waals surface area contributed by atoms with Gasteiger partial charge in [-0.2, -0.15) is 0 Å². The molecule has 0 aliphatic rings. The van der Waals surface area contributed by atoms with Gasteiger partial charge in [0.05, 0.1) is 13.2 Å². The number of ether oxygens (including phenoxy) is 1. The van der Waals surface area contributed by atoms with Crippen LogP contribution in [0.5, 0.6) is 5.75 Å². The van der Waals surface area contributed by atoms with Gasteiger partial charge in [0.15, 0.2) is 5.11 Å². The molecule has 5 heteroatoms. The van der Waals surface area contributed by atoms with Crippen molar-refractivity contribution in [1.82, 2.24) is 10.2 Å². The molecule has 24 heavy (non-hydrogen) atoms. The van der Waals surface area contributed by atoms with Crippen LogP contribution in [0.25, 0.3) is 0 Å². The Labute approximate surface area is 149 Å². The fraction of sp³-hybridized carbons (Fsp3) is 0.316. The van der Waals surface area contributed by atoms with Crippen LogP contribution in [0.15, 0.2) is 48.5 Å². The standard InChI is InChI=1S/C19H25N3OS/c1-14-7-5-6-8-17(14)21-19(24)20-13-18(22(2)3)15-9-11-16(23-4)12-10-15/h5-12,18H,13H2,1-4H3,(H2,20,21,24)/t18-/m0/s1. The predicted octanol–water partition coefficient (Wildman–Crippen LogP) is 3.59. The summed E-state index contributed by atoms with van der Waals surface area (Å²) in [7, 11) is 5.80. The van der Waals surface area contributed by atoms with E-state index in [-0.39, 0.29) is 6.04 Å². The van der Waals surface area contributed by atoms with Crippen LogP contribution in [-0.2, 0) is 0 Å². The molecule has 0 unspecified atom stereocenters. The number of likely N-dealkylation sites (N-methyl/N-ethyl adjacent to an activating group) is 1.